The summed E-state index contributed by atoms with van der Waals surface area (Å²) in [6, 6.07) is 10.8. The number of fused-ring (bicyclic) bond motifs is 1. The fraction of sp³-hybridized carbons (Fsp3) is 0.556. The Balaban J connectivity index is 1.39. The number of ether oxygens (including phenoxy) is 2. The summed E-state index contributed by atoms with van der Waals surface area (Å²) >= 11 is 0. The van der Waals surface area contributed by atoms with Crippen LogP contribution in [0.15, 0.2) is 30.3 Å². The first kappa shape index (κ1) is 16.4. The summed E-state index contributed by atoms with van der Waals surface area (Å²) in [6.45, 7) is 4.44. The molecular weight excluding hydrogens is 322 g/mol. The molecule has 1 aromatic carbocycles. The molecule has 0 aromatic heterocycles. The van der Waals surface area contributed by atoms with E-state index in [1.54, 1.807) is 0 Å². The lowest BCUT2D eigenvalue weighted by atomic mass is 10.00. The lowest BCUT2D eigenvalue weighted by Gasteiger charge is -2.48. The van der Waals surface area contributed by atoms with Crippen molar-refractivity contribution >= 4 is 12.0 Å². The largest absolute Gasteiger partial charge is 0.448 e. The second-order valence-corrected chi connectivity index (χ2v) is 6.73. The minimum atomic E-state index is -0.392. The number of piperazine rings is 1. The smallest absolute Gasteiger partial charge is 0.410 e. The fourth-order valence-electron chi connectivity index (χ4n) is 3.86. The molecule has 7 heteroatoms. The summed E-state index contributed by atoms with van der Waals surface area (Å²) in [4.78, 5) is 29.8. The Morgan fingerprint density at radius 2 is 1.96 bits per heavy atom. The molecule has 1 aromatic rings. The van der Waals surface area contributed by atoms with Gasteiger partial charge in [-0.1, -0.05) is 30.3 Å². The van der Waals surface area contributed by atoms with Gasteiger partial charge < -0.3 is 14.4 Å². The molecule has 3 saturated heterocycles. The van der Waals surface area contributed by atoms with Gasteiger partial charge in [-0.2, -0.15) is 0 Å². The SMILES string of the molecule is O=C(CN1CCOC1=O)N1CCN2[C@@H](COC[C@@H]2c2ccccc2)C1. The molecule has 3 heterocycles. The highest BCUT2D eigenvalue weighted by molar-refractivity contribution is 5.83. The molecule has 0 aliphatic carbocycles. The van der Waals surface area contributed by atoms with Gasteiger partial charge in [-0.05, 0) is 5.56 Å². The maximum absolute atomic E-state index is 12.5. The maximum atomic E-state index is 12.5. The van der Waals surface area contributed by atoms with Crippen LogP contribution in [0.25, 0.3) is 0 Å². The number of amides is 2. The number of carbonyl (C=O) groups is 2. The van der Waals surface area contributed by atoms with Crippen molar-refractivity contribution in [2.45, 2.75) is 12.1 Å². The van der Waals surface area contributed by atoms with Crippen LogP contribution in [0, 0.1) is 0 Å². The minimum Gasteiger partial charge on any atom is -0.448 e. The molecule has 2 amide bonds. The van der Waals surface area contributed by atoms with E-state index in [2.05, 4.69) is 17.0 Å². The second-order valence-electron chi connectivity index (χ2n) is 6.73. The average molecular weight is 345 g/mol. The van der Waals surface area contributed by atoms with Crippen molar-refractivity contribution in [3.8, 4) is 0 Å². The van der Waals surface area contributed by atoms with Crippen molar-refractivity contribution in [1.29, 1.82) is 0 Å². The van der Waals surface area contributed by atoms with Gasteiger partial charge in [0.1, 0.15) is 13.2 Å². The third-order valence-corrected chi connectivity index (χ3v) is 5.22. The number of benzene rings is 1. The Labute approximate surface area is 147 Å². The summed E-state index contributed by atoms with van der Waals surface area (Å²) in [5.41, 5.74) is 1.26. The van der Waals surface area contributed by atoms with Gasteiger partial charge in [0.25, 0.3) is 0 Å². The molecule has 134 valence electrons. The minimum absolute atomic E-state index is 0.0136. The van der Waals surface area contributed by atoms with Crippen LogP contribution in [0.5, 0.6) is 0 Å². The molecule has 0 saturated carbocycles. The highest BCUT2D eigenvalue weighted by Gasteiger charge is 2.38. The number of hydrogen-bond acceptors (Lipinski definition) is 5. The van der Waals surface area contributed by atoms with Crippen LogP contribution < -0.4 is 0 Å². The van der Waals surface area contributed by atoms with Gasteiger partial charge in [0, 0.05) is 19.6 Å². The lowest BCUT2D eigenvalue weighted by Crippen LogP contribution is -2.60. The van der Waals surface area contributed by atoms with Gasteiger partial charge in [0.15, 0.2) is 0 Å². The Kier molecular flexibility index (Phi) is 4.59. The van der Waals surface area contributed by atoms with Crippen molar-refractivity contribution in [2.24, 2.45) is 0 Å². The number of morpholine rings is 1. The van der Waals surface area contributed by atoms with Gasteiger partial charge in [-0.15, -0.1) is 0 Å². The van der Waals surface area contributed by atoms with E-state index in [0.29, 0.717) is 39.5 Å². The Hall–Kier alpha value is -2.12. The molecule has 0 spiro atoms. The molecule has 25 heavy (non-hydrogen) atoms. The summed E-state index contributed by atoms with van der Waals surface area (Å²) in [5.74, 6) is -0.0136. The van der Waals surface area contributed by atoms with E-state index in [0.717, 1.165) is 6.54 Å². The van der Waals surface area contributed by atoms with Crippen LogP contribution in [0.3, 0.4) is 0 Å². The van der Waals surface area contributed by atoms with E-state index < -0.39 is 6.09 Å². The molecule has 0 radical (unpaired) electrons. The zero-order valence-electron chi connectivity index (χ0n) is 14.2. The normalized spacial score (nSPS) is 27.1. The Morgan fingerprint density at radius 1 is 1.12 bits per heavy atom. The van der Waals surface area contributed by atoms with Gasteiger partial charge >= 0.3 is 6.09 Å². The molecule has 3 aliphatic heterocycles. The number of carbonyl (C=O) groups excluding carboxylic acids is 2. The first-order valence-corrected chi connectivity index (χ1v) is 8.80. The molecule has 3 fully saturated rings. The van der Waals surface area contributed by atoms with Crippen molar-refractivity contribution in [3.63, 3.8) is 0 Å². The first-order chi connectivity index (χ1) is 12.2. The average Bonchev–Trinajstić information content (AvgIpc) is 3.06. The Bertz CT molecular complexity index is 638. The van der Waals surface area contributed by atoms with Crippen molar-refractivity contribution < 1.29 is 19.1 Å². The van der Waals surface area contributed by atoms with Crippen LogP contribution in [-0.4, -0.2) is 85.3 Å². The molecule has 0 N–H and O–H groups in total. The lowest BCUT2D eigenvalue weighted by molar-refractivity contribution is -0.140. The standard InChI is InChI=1S/C18H23N3O4/c22-17(11-20-8-9-25-18(20)23)19-6-7-21-15(10-19)12-24-13-16(21)14-4-2-1-3-5-14/h1-5,15-16H,6-13H2/t15-,16-/m1/s1. The molecule has 0 bridgehead atoms. The van der Waals surface area contributed by atoms with Crippen LogP contribution >= 0.6 is 0 Å². The monoisotopic (exact) mass is 345 g/mol. The summed E-state index contributed by atoms with van der Waals surface area (Å²) in [6.07, 6.45) is -0.392. The zero-order chi connectivity index (χ0) is 17.2. The fourth-order valence-corrected chi connectivity index (χ4v) is 3.86. The third kappa shape index (κ3) is 3.34. The molecular formula is C18H23N3O4. The highest BCUT2D eigenvalue weighted by atomic mass is 16.6. The van der Waals surface area contributed by atoms with Crippen LogP contribution in [0.2, 0.25) is 0 Å². The van der Waals surface area contributed by atoms with Crippen molar-refractivity contribution in [3.05, 3.63) is 35.9 Å². The molecule has 3 aliphatic rings. The Morgan fingerprint density at radius 3 is 2.72 bits per heavy atom. The predicted octanol–water partition coefficient (Wildman–Crippen LogP) is 0.723. The van der Waals surface area contributed by atoms with E-state index >= 15 is 0 Å². The van der Waals surface area contributed by atoms with Gasteiger partial charge in [-0.3, -0.25) is 14.6 Å². The van der Waals surface area contributed by atoms with Crippen molar-refractivity contribution in [1.82, 2.24) is 14.7 Å². The van der Waals surface area contributed by atoms with E-state index in [1.807, 2.05) is 23.1 Å². The molecule has 4 rings (SSSR count). The number of nitrogens with zero attached hydrogens (tertiary/aromatic N) is 3. The van der Waals surface area contributed by atoms with E-state index in [4.69, 9.17) is 9.47 Å². The van der Waals surface area contributed by atoms with Gasteiger partial charge in [0.05, 0.1) is 31.8 Å². The highest BCUT2D eigenvalue weighted by Crippen LogP contribution is 2.29. The second kappa shape index (κ2) is 7.01. The van der Waals surface area contributed by atoms with Gasteiger partial charge in [0.2, 0.25) is 5.91 Å². The molecule has 7 nitrogen and oxygen atoms in total. The van der Waals surface area contributed by atoms with Crippen molar-refractivity contribution in [2.75, 3.05) is 52.5 Å². The van der Waals surface area contributed by atoms with E-state index in [-0.39, 0.29) is 24.5 Å². The third-order valence-electron chi connectivity index (χ3n) is 5.22. The molecule has 2 atom stereocenters. The number of rotatable bonds is 3. The van der Waals surface area contributed by atoms with E-state index in [9.17, 15) is 9.59 Å². The topological polar surface area (TPSA) is 62.3 Å². The summed E-state index contributed by atoms with van der Waals surface area (Å²) < 4.78 is 10.7. The van der Waals surface area contributed by atoms with Crippen LogP contribution in [0.4, 0.5) is 4.79 Å². The zero-order valence-corrected chi connectivity index (χ0v) is 14.2. The number of hydrogen-bond donors (Lipinski definition) is 0. The van der Waals surface area contributed by atoms with Crippen LogP contribution in [-0.2, 0) is 14.3 Å². The maximum Gasteiger partial charge on any atom is 0.410 e. The summed E-state index contributed by atoms with van der Waals surface area (Å²) in [7, 11) is 0. The van der Waals surface area contributed by atoms with Gasteiger partial charge in [-0.25, -0.2) is 4.79 Å². The van der Waals surface area contributed by atoms with Crippen LogP contribution in [0.1, 0.15) is 11.6 Å². The first-order valence-electron chi connectivity index (χ1n) is 8.80. The van der Waals surface area contributed by atoms with E-state index in [1.165, 1.54) is 10.5 Å². The number of cyclic esters (lactones) is 1. The quantitative estimate of drug-likeness (QED) is 0.808. The summed E-state index contributed by atoms with van der Waals surface area (Å²) in [5, 5.41) is 0. The predicted molar refractivity (Wildman–Crippen MR) is 90.0 cm³/mol. The molecule has 0 unspecified atom stereocenters.